The zero-order chi connectivity index (χ0) is 34.8. The molecule has 0 radical (unpaired) electrons. The summed E-state index contributed by atoms with van der Waals surface area (Å²) in [5, 5.41) is 12.8. The molecule has 5 aliphatic rings. The molecule has 50 heavy (non-hydrogen) atoms. The number of alkyl carbamates (subject to hydrolysis) is 1. The molecule has 3 atom stereocenters. The first kappa shape index (κ1) is 34.7. The lowest BCUT2D eigenvalue weighted by Gasteiger charge is -2.52. The summed E-state index contributed by atoms with van der Waals surface area (Å²) in [7, 11) is 1.39. The van der Waals surface area contributed by atoms with Gasteiger partial charge in [0.05, 0.1) is 18.7 Å². The van der Waals surface area contributed by atoms with Gasteiger partial charge in [0.25, 0.3) is 0 Å². The molecular formula is C39H50F2N6O3. The van der Waals surface area contributed by atoms with Crippen molar-refractivity contribution in [2.45, 2.75) is 69.1 Å². The van der Waals surface area contributed by atoms with Crippen molar-refractivity contribution in [1.29, 1.82) is 5.26 Å². The number of amides is 2. The number of benzene rings is 2. The smallest absolute Gasteiger partial charge is 0.407 e. The Labute approximate surface area is 294 Å². The van der Waals surface area contributed by atoms with Crippen molar-refractivity contribution in [1.82, 2.24) is 20.0 Å². The molecule has 0 aromatic heterocycles. The number of alkyl halides is 1. The summed E-state index contributed by atoms with van der Waals surface area (Å²) in [6, 6.07) is 15.2. The van der Waals surface area contributed by atoms with Crippen LogP contribution in [0.2, 0.25) is 0 Å². The van der Waals surface area contributed by atoms with Gasteiger partial charge in [0.15, 0.2) is 0 Å². The van der Waals surface area contributed by atoms with E-state index < -0.39 is 17.7 Å². The molecule has 2 amide bonds. The Morgan fingerprint density at radius 1 is 1.02 bits per heavy atom. The van der Waals surface area contributed by atoms with Crippen LogP contribution < -0.4 is 10.2 Å². The van der Waals surface area contributed by atoms with E-state index in [0.29, 0.717) is 50.6 Å². The Balaban J connectivity index is 1.05. The van der Waals surface area contributed by atoms with Gasteiger partial charge in [-0.1, -0.05) is 18.6 Å². The van der Waals surface area contributed by atoms with Gasteiger partial charge in [-0.15, -0.1) is 0 Å². The maximum absolute atomic E-state index is 15.0. The minimum Gasteiger partial charge on any atom is -0.453 e. The second kappa shape index (κ2) is 14.8. The van der Waals surface area contributed by atoms with E-state index in [4.69, 9.17) is 4.74 Å². The van der Waals surface area contributed by atoms with Gasteiger partial charge in [-0.2, -0.15) is 5.26 Å². The fourth-order valence-corrected chi connectivity index (χ4v) is 9.80. The quantitative estimate of drug-likeness (QED) is 0.352. The molecule has 7 rings (SSSR count). The SMILES string of the molecule is COC(=O)N[C@H]1CCC[C@@H]1[C@](CN1CCCC1=O)(c1cccc(F)c1)C1CCN(CC2CN(c3ccc(C#N)c(CN4CC(F)C4)c3)C2)CC1. The predicted octanol–water partition coefficient (Wildman–Crippen LogP) is 5.08. The Morgan fingerprint density at radius 3 is 2.50 bits per heavy atom. The van der Waals surface area contributed by atoms with Gasteiger partial charge in [0.2, 0.25) is 5.91 Å². The van der Waals surface area contributed by atoms with Crippen LogP contribution in [0.25, 0.3) is 0 Å². The zero-order valence-corrected chi connectivity index (χ0v) is 29.2. The molecule has 2 aromatic carbocycles. The molecule has 1 saturated carbocycles. The lowest BCUT2D eigenvalue weighted by Crippen LogP contribution is -2.58. The fraction of sp³-hybridized carbons (Fsp3) is 0.615. The first-order valence-electron chi connectivity index (χ1n) is 18.5. The number of likely N-dealkylation sites (tertiary alicyclic amines) is 3. The topological polar surface area (TPSA) is 92.1 Å². The van der Waals surface area contributed by atoms with Crippen molar-refractivity contribution >= 4 is 17.7 Å². The number of nitrogens with one attached hydrogen (secondary N) is 1. The summed E-state index contributed by atoms with van der Waals surface area (Å²) in [4.78, 5) is 34.6. The Hall–Kier alpha value is -3.75. The maximum atomic E-state index is 15.0. The minimum absolute atomic E-state index is 0.0466. The van der Waals surface area contributed by atoms with E-state index in [0.717, 1.165) is 88.1 Å². The van der Waals surface area contributed by atoms with Gasteiger partial charge >= 0.3 is 6.09 Å². The lowest BCUT2D eigenvalue weighted by atomic mass is 9.58. The van der Waals surface area contributed by atoms with Crippen LogP contribution in [0.15, 0.2) is 42.5 Å². The fourth-order valence-electron chi connectivity index (χ4n) is 9.80. The number of hydrogen-bond donors (Lipinski definition) is 1. The number of nitriles is 1. The highest BCUT2D eigenvalue weighted by atomic mass is 19.1. The molecule has 11 heteroatoms. The van der Waals surface area contributed by atoms with Crippen LogP contribution in [-0.2, 0) is 21.5 Å². The van der Waals surface area contributed by atoms with E-state index in [9.17, 15) is 19.2 Å². The van der Waals surface area contributed by atoms with Gasteiger partial charge < -0.3 is 24.8 Å². The molecule has 268 valence electrons. The molecule has 4 aliphatic heterocycles. The third kappa shape index (κ3) is 7.06. The predicted molar refractivity (Wildman–Crippen MR) is 187 cm³/mol. The van der Waals surface area contributed by atoms with E-state index in [-0.39, 0.29) is 29.6 Å². The number of halogens is 2. The lowest BCUT2D eigenvalue weighted by molar-refractivity contribution is -0.129. The first-order chi connectivity index (χ1) is 24.2. The van der Waals surface area contributed by atoms with Gasteiger partial charge in [-0.05, 0) is 98.5 Å². The largest absolute Gasteiger partial charge is 0.453 e. The number of piperidine rings is 1. The van der Waals surface area contributed by atoms with Crippen molar-refractivity contribution in [3.63, 3.8) is 0 Å². The summed E-state index contributed by atoms with van der Waals surface area (Å²) in [5.74, 6) is 0.687. The number of hydrogen-bond acceptors (Lipinski definition) is 7. The summed E-state index contributed by atoms with van der Waals surface area (Å²) < 4.78 is 33.5. The average Bonchev–Trinajstić information content (AvgIpc) is 3.72. The van der Waals surface area contributed by atoms with Gasteiger partial charge in [-0.25, -0.2) is 13.6 Å². The van der Waals surface area contributed by atoms with Crippen molar-refractivity contribution in [3.8, 4) is 6.07 Å². The molecular weight excluding hydrogens is 638 g/mol. The summed E-state index contributed by atoms with van der Waals surface area (Å²) in [5.41, 5.74) is 3.18. The molecule has 4 saturated heterocycles. The van der Waals surface area contributed by atoms with Crippen LogP contribution in [0.3, 0.4) is 0 Å². The van der Waals surface area contributed by atoms with Crippen LogP contribution in [-0.4, -0.2) is 105 Å². The molecule has 9 nitrogen and oxygen atoms in total. The molecule has 0 bridgehead atoms. The normalized spacial score (nSPS) is 25.2. The summed E-state index contributed by atoms with van der Waals surface area (Å²) in [6.45, 7) is 7.50. The number of anilines is 1. The number of methoxy groups -OCH3 is 1. The van der Waals surface area contributed by atoms with Gasteiger partial charge in [-0.3, -0.25) is 9.69 Å². The summed E-state index contributed by atoms with van der Waals surface area (Å²) in [6.07, 6.45) is 4.74. The molecule has 0 spiro atoms. The second-order valence-electron chi connectivity index (χ2n) is 15.3. The van der Waals surface area contributed by atoms with Crippen LogP contribution >= 0.6 is 0 Å². The minimum atomic E-state index is -0.764. The van der Waals surface area contributed by atoms with Crippen LogP contribution in [0, 0.1) is 34.9 Å². The number of carbonyl (C=O) groups excluding carboxylic acids is 2. The second-order valence-corrected chi connectivity index (χ2v) is 15.3. The van der Waals surface area contributed by atoms with E-state index in [2.05, 4.69) is 27.3 Å². The Kier molecular flexibility index (Phi) is 10.3. The molecule has 5 fully saturated rings. The third-order valence-electron chi connectivity index (χ3n) is 12.3. The monoisotopic (exact) mass is 688 g/mol. The molecule has 1 N–H and O–H groups in total. The highest BCUT2D eigenvalue weighted by Gasteiger charge is 2.53. The molecule has 1 aliphatic carbocycles. The molecule has 0 unspecified atom stereocenters. The highest BCUT2D eigenvalue weighted by Crippen LogP contribution is 2.51. The van der Waals surface area contributed by atoms with Crippen molar-refractivity contribution in [2.24, 2.45) is 17.8 Å². The highest BCUT2D eigenvalue weighted by molar-refractivity contribution is 5.78. The van der Waals surface area contributed by atoms with Crippen molar-refractivity contribution in [2.75, 3.05) is 70.9 Å². The van der Waals surface area contributed by atoms with E-state index >= 15 is 4.39 Å². The number of nitrogens with zero attached hydrogens (tertiary/aromatic N) is 5. The maximum Gasteiger partial charge on any atom is 0.407 e. The van der Waals surface area contributed by atoms with E-state index in [1.54, 1.807) is 12.1 Å². The van der Waals surface area contributed by atoms with Gasteiger partial charge in [0.1, 0.15) is 12.0 Å². The molecule has 2 aromatic rings. The van der Waals surface area contributed by atoms with Crippen molar-refractivity contribution in [3.05, 3.63) is 65.0 Å². The third-order valence-corrected chi connectivity index (χ3v) is 12.3. The van der Waals surface area contributed by atoms with Crippen LogP contribution in [0.1, 0.15) is 61.6 Å². The number of rotatable bonds is 11. The van der Waals surface area contributed by atoms with Gasteiger partial charge in [0, 0.05) is 81.8 Å². The van der Waals surface area contributed by atoms with Crippen LogP contribution in [0.4, 0.5) is 19.3 Å². The zero-order valence-electron chi connectivity index (χ0n) is 29.2. The van der Waals surface area contributed by atoms with E-state index in [1.807, 2.05) is 28.0 Å². The standard InChI is InChI=1S/C39H50F2N6O3/c1-50-38(49)43-36-8-3-7-35(36)39(26-46-14-4-9-37(46)48,31-5-2-6-32(40)18-31)30-12-15-44(16-13-30)20-27-21-47(22-27)34-11-10-28(19-42)29(17-34)23-45-24-33(41)25-45/h2,5-6,10-11,17-18,27,30,33,35-36H,3-4,7-9,12-16,20-26H2,1H3,(H,43,49)/t35-,36-,39-/m0/s1. The number of carbonyl (C=O) groups is 2. The van der Waals surface area contributed by atoms with Crippen molar-refractivity contribution < 1.29 is 23.1 Å². The summed E-state index contributed by atoms with van der Waals surface area (Å²) >= 11 is 0. The molecule has 4 heterocycles. The van der Waals surface area contributed by atoms with E-state index in [1.165, 1.54) is 13.2 Å². The average molecular weight is 689 g/mol. The first-order valence-corrected chi connectivity index (χ1v) is 18.5. The number of ether oxygens (including phenoxy) is 1. The Bertz CT molecular complexity index is 1580. The van der Waals surface area contributed by atoms with Crippen LogP contribution in [0.5, 0.6) is 0 Å². The Morgan fingerprint density at radius 2 is 1.82 bits per heavy atom.